The summed E-state index contributed by atoms with van der Waals surface area (Å²) < 4.78 is 12.4. The van der Waals surface area contributed by atoms with Crippen LogP contribution < -0.4 is 0 Å². The molecule has 0 N–H and O–H groups in total. The molecule has 0 aliphatic heterocycles. The van der Waals surface area contributed by atoms with E-state index in [1.54, 1.807) is 0 Å². The van der Waals surface area contributed by atoms with E-state index in [-0.39, 0.29) is 11.6 Å². The van der Waals surface area contributed by atoms with Gasteiger partial charge in [-0.2, -0.15) is 5.26 Å². The maximum atomic E-state index is 12.4. The lowest BCUT2D eigenvalue weighted by Crippen LogP contribution is -1.88. The summed E-state index contributed by atoms with van der Waals surface area (Å²) in [6.45, 7) is 0. The van der Waals surface area contributed by atoms with Crippen LogP contribution in [0.2, 0.25) is 5.15 Å². The van der Waals surface area contributed by atoms with Crippen molar-refractivity contribution in [1.82, 2.24) is 4.98 Å². The molecule has 0 fully saturated rings. The third-order valence-electron chi connectivity index (χ3n) is 1.15. The molecule has 1 heterocycles. The van der Waals surface area contributed by atoms with Gasteiger partial charge in [-0.3, -0.25) is 0 Å². The van der Waals surface area contributed by atoms with Gasteiger partial charge in [0, 0.05) is 5.56 Å². The highest BCUT2D eigenvalue weighted by Crippen LogP contribution is 2.13. The van der Waals surface area contributed by atoms with Crippen molar-refractivity contribution in [2.24, 2.45) is 0 Å². The van der Waals surface area contributed by atoms with Crippen LogP contribution in [0.1, 0.15) is 5.56 Å². The second-order valence-electron chi connectivity index (χ2n) is 1.94. The zero-order chi connectivity index (χ0) is 8.27. The molecule has 0 bridgehead atoms. The van der Waals surface area contributed by atoms with E-state index in [1.807, 2.05) is 6.07 Å². The molecule has 0 aliphatic carbocycles. The minimum atomic E-state index is -0.473. The van der Waals surface area contributed by atoms with E-state index in [9.17, 15) is 4.39 Å². The predicted octanol–water partition coefficient (Wildman–Crippen LogP) is 1.94. The summed E-state index contributed by atoms with van der Waals surface area (Å²) in [5.41, 5.74) is 0.425. The quantitative estimate of drug-likeness (QED) is 0.604. The monoisotopic (exact) mass is 170 g/mol. The normalized spacial score (nSPS) is 9.18. The number of halogens is 2. The van der Waals surface area contributed by atoms with Gasteiger partial charge in [-0.05, 0) is 6.07 Å². The number of aromatic nitrogens is 1. The van der Waals surface area contributed by atoms with Crippen LogP contribution in [0.3, 0.4) is 0 Å². The summed E-state index contributed by atoms with van der Waals surface area (Å²) in [4.78, 5) is 3.54. The summed E-state index contributed by atoms with van der Waals surface area (Å²) in [5.74, 6) is -0.473. The van der Waals surface area contributed by atoms with E-state index < -0.39 is 5.82 Å². The molecule has 0 radical (unpaired) electrons. The highest BCUT2D eigenvalue weighted by Gasteiger charge is 2.01. The Morgan fingerprint density at radius 2 is 2.45 bits per heavy atom. The molecule has 0 atom stereocenters. The fourth-order valence-electron chi connectivity index (χ4n) is 0.674. The molecule has 0 unspecified atom stereocenters. The minimum absolute atomic E-state index is 0.0869. The third-order valence-corrected chi connectivity index (χ3v) is 1.49. The second kappa shape index (κ2) is 3.31. The molecule has 2 nitrogen and oxygen atoms in total. The van der Waals surface area contributed by atoms with Gasteiger partial charge < -0.3 is 0 Å². The third kappa shape index (κ3) is 1.89. The molecule has 0 aromatic carbocycles. The Hall–Kier alpha value is -1.14. The molecule has 11 heavy (non-hydrogen) atoms. The average Bonchev–Trinajstić information content (AvgIpc) is 1.98. The Labute approximate surface area is 68.2 Å². The van der Waals surface area contributed by atoms with Crippen molar-refractivity contribution in [2.45, 2.75) is 6.42 Å². The van der Waals surface area contributed by atoms with Crippen molar-refractivity contribution in [3.63, 3.8) is 0 Å². The molecule has 1 aromatic heterocycles. The van der Waals surface area contributed by atoms with Crippen molar-refractivity contribution >= 4 is 11.6 Å². The Morgan fingerprint density at radius 3 is 3.09 bits per heavy atom. The van der Waals surface area contributed by atoms with Gasteiger partial charge in [-0.15, -0.1) is 0 Å². The zero-order valence-electron chi connectivity index (χ0n) is 5.51. The van der Waals surface area contributed by atoms with E-state index in [0.29, 0.717) is 5.56 Å². The summed E-state index contributed by atoms with van der Waals surface area (Å²) >= 11 is 5.55. The Balaban J connectivity index is 3.05. The molecule has 0 saturated heterocycles. The van der Waals surface area contributed by atoms with E-state index in [4.69, 9.17) is 16.9 Å². The van der Waals surface area contributed by atoms with Crippen LogP contribution in [0.4, 0.5) is 4.39 Å². The van der Waals surface area contributed by atoms with Gasteiger partial charge in [0.25, 0.3) is 0 Å². The largest absolute Gasteiger partial charge is 0.241 e. The van der Waals surface area contributed by atoms with Crippen LogP contribution in [0.5, 0.6) is 0 Å². The second-order valence-corrected chi connectivity index (χ2v) is 2.30. The van der Waals surface area contributed by atoms with Crippen molar-refractivity contribution in [3.8, 4) is 6.07 Å². The first-order valence-corrected chi connectivity index (χ1v) is 3.28. The van der Waals surface area contributed by atoms with Crippen LogP contribution in [0.25, 0.3) is 0 Å². The molecule has 4 heteroatoms. The lowest BCUT2D eigenvalue weighted by atomic mass is 10.2. The van der Waals surface area contributed by atoms with Crippen molar-refractivity contribution < 1.29 is 4.39 Å². The van der Waals surface area contributed by atoms with Gasteiger partial charge in [0.05, 0.1) is 18.7 Å². The van der Waals surface area contributed by atoms with Crippen molar-refractivity contribution in [3.05, 3.63) is 28.8 Å². The van der Waals surface area contributed by atoms with E-state index in [0.717, 1.165) is 6.20 Å². The molecule has 0 aliphatic rings. The topological polar surface area (TPSA) is 36.7 Å². The molecular weight excluding hydrogens is 167 g/mol. The van der Waals surface area contributed by atoms with E-state index in [2.05, 4.69) is 4.98 Å². The Kier molecular flexibility index (Phi) is 2.40. The molecule has 0 spiro atoms. The molecule has 1 aromatic rings. The van der Waals surface area contributed by atoms with Gasteiger partial charge in [0.15, 0.2) is 0 Å². The van der Waals surface area contributed by atoms with Crippen LogP contribution >= 0.6 is 11.6 Å². The first kappa shape index (κ1) is 7.96. The zero-order valence-corrected chi connectivity index (χ0v) is 6.27. The van der Waals surface area contributed by atoms with Gasteiger partial charge in [-0.25, -0.2) is 9.37 Å². The number of rotatable bonds is 1. The van der Waals surface area contributed by atoms with Crippen molar-refractivity contribution in [2.75, 3.05) is 0 Å². The molecule has 56 valence electrons. The Morgan fingerprint density at radius 1 is 1.73 bits per heavy atom. The maximum absolute atomic E-state index is 12.4. The van der Waals surface area contributed by atoms with Gasteiger partial charge in [0.1, 0.15) is 11.0 Å². The number of hydrogen-bond donors (Lipinski definition) is 0. The van der Waals surface area contributed by atoms with Gasteiger partial charge in [0.2, 0.25) is 0 Å². The number of nitriles is 1. The molecular formula is C7H4ClFN2. The minimum Gasteiger partial charge on any atom is -0.241 e. The van der Waals surface area contributed by atoms with Crippen LogP contribution in [-0.2, 0) is 6.42 Å². The average molecular weight is 171 g/mol. The lowest BCUT2D eigenvalue weighted by Gasteiger charge is -1.96. The molecule has 0 saturated carbocycles. The maximum Gasteiger partial charge on any atom is 0.141 e. The van der Waals surface area contributed by atoms with Crippen LogP contribution in [0.15, 0.2) is 12.3 Å². The fourth-order valence-corrected chi connectivity index (χ4v) is 0.844. The molecule has 0 amide bonds. The van der Waals surface area contributed by atoms with E-state index in [1.165, 1.54) is 6.07 Å². The smallest absolute Gasteiger partial charge is 0.141 e. The first-order valence-electron chi connectivity index (χ1n) is 2.91. The summed E-state index contributed by atoms with van der Waals surface area (Å²) in [5, 5.41) is 8.46. The fraction of sp³-hybridized carbons (Fsp3) is 0.143. The van der Waals surface area contributed by atoms with Crippen LogP contribution in [-0.4, -0.2) is 4.98 Å². The van der Waals surface area contributed by atoms with Gasteiger partial charge >= 0.3 is 0 Å². The SMILES string of the molecule is N#CCc1cc(F)cnc1Cl. The van der Waals surface area contributed by atoms with Crippen LogP contribution in [0, 0.1) is 17.1 Å². The standard InChI is InChI=1S/C7H4ClFN2/c8-7-5(1-2-10)3-6(9)4-11-7/h3-4H,1H2. The highest BCUT2D eigenvalue weighted by atomic mass is 35.5. The van der Waals surface area contributed by atoms with Crippen molar-refractivity contribution in [1.29, 1.82) is 5.26 Å². The summed E-state index contributed by atoms with van der Waals surface area (Å²) in [6.07, 6.45) is 1.10. The number of pyridine rings is 1. The Bertz CT molecular complexity index is 306. The number of nitrogens with zero attached hydrogens (tertiary/aromatic N) is 2. The van der Waals surface area contributed by atoms with Gasteiger partial charge in [-0.1, -0.05) is 11.6 Å². The van der Waals surface area contributed by atoms with E-state index >= 15 is 0 Å². The number of hydrogen-bond acceptors (Lipinski definition) is 2. The molecule has 1 rings (SSSR count). The lowest BCUT2D eigenvalue weighted by molar-refractivity contribution is 0.619. The predicted molar refractivity (Wildman–Crippen MR) is 38.5 cm³/mol. The summed E-state index contributed by atoms with van der Waals surface area (Å²) in [7, 11) is 0. The summed E-state index contributed by atoms with van der Waals surface area (Å²) in [6, 6.07) is 3.07. The highest BCUT2D eigenvalue weighted by molar-refractivity contribution is 6.30. The first-order chi connectivity index (χ1) is 5.24.